The number of rotatable bonds is 2. The van der Waals surface area contributed by atoms with Crippen LogP contribution in [0.2, 0.25) is 0 Å². The third-order valence-corrected chi connectivity index (χ3v) is 3.46. The maximum absolute atomic E-state index is 11.7. The summed E-state index contributed by atoms with van der Waals surface area (Å²) in [7, 11) is 0. The van der Waals surface area contributed by atoms with Crippen molar-refractivity contribution in [2.75, 3.05) is 0 Å². The Balaban J connectivity index is 2.28. The molecule has 1 heterocycles. The number of fused-ring (bicyclic) bond motifs is 1. The molecule has 3 rings (SSSR count). The molecule has 0 saturated heterocycles. The van der Waals surface area contributed by atoms with E-state index in [0.717, 1.165) is 21.9 Å². The largest absolute Gasteiger partial charge is 0.295 e. The fourth-order valence-corrected chi connectivity index (χ4v) is 2.37. The number of carbonyl (C=O) groups is 1. The molecule has 1 aromatic heterocycles. The number of hydrogen-bond donors (Lipinski definition) is 0. The fourth-order valence-electron chi connectivity index (χ4n) is 2.37. The number of carbonyl (C=O) groups excluding carboxylic acids is 1. The number of Topliss-reactive ketones (excluding diaryl/α,β-unsaturated/α-hetero) is 1. The van der Waals surface area contributed by atoms with E-state index in [0.29, 0.717) is 11.3 Å². The highest BCUT2D eigenvalue weighted by Gasteiger charge is 2.09. The van der Waals surface area contributed by atoms with Crippen LogP contribution in [0.4, 0.5) is 0 Å². The van der Waals surface area contributed by atoms with E-state index in [4.69, 9.17) is 5.26 Å². The second kappa shape index (κ2) is 5.18. The minimum Gasteiger partial charge on any atom is -0.295 e. The van der Waals surface area contributed by atoms with Crippen molar-refractivity contribution in [1.82, 2.24) is 4.98 Å². The molecular formula is C18H12N2O. The molecule has 0 saturated carbocycles. The first kappa shape index (κ1) is 13.0. The van der Waals surface area contributed by atoms with Gasteiger partial charge in [0.1, 0.15) is 11.8 Å². The molecule has 3 heteroatoms. The first-order valence-electron chi connectivity index (χ1n) is 6.59. The zero-order valence-electron chi connectivity index (χ0n) is 11.5. The first-order valence-corrected chi connectivity index (χ1v) is 6.59. The van der Waals surface area contributed by atoms with E-state index in [1.165, 1.54) is 0 Å². The number of aromatic nitrogens is 1. The zero-order chi connectivity index (χ0) is 14.8. The van der Waals surface area contributed by atoms with Crippen LogP contribution in [0.3, 0.4) is 0 Å². The van der Waals surface area contributed by atoms with Gasteiger partial charge >= 0.3 is 0 Å². The van der Waals surface area contributed by atoms with E-state index in [1.54, 1.807) is 19.2 Å². The second-order valence-corrected chi connectivity index (χ2v) is 4.85. The average Bonchev–Trinajstić information content (AvgIpc) is 2.54. The van der Waals surface area contributed by atoms with Gasteiger partial charge in [-0.2, -0.15) is 5.26 Å². The van der Waals surface area contributed by atoms with E-state index in [9.17, 15) is 4.79 Å². The molecule has 0 unspecified atom stereocenters. The molecule has 3 nitrogen and oxygen atoms in total. The standard InChI is InChI=1S/C18H12N2O/c1-12(21)15-8-13-4-2-3-5-17(13)18(9-15)14-6-7-16(10-19)20-11-14/h2-9,11H,1H3. The second-order valence-electron chi connectivity index (χ2n) is 4.85. The van der Waals surface area contributed by atoms with Gasteiger partial charge in [0, 0.05) is 17.3 Å². The van der Waals surface area contributed by atoms with Gasteiger partial charge in [-0.05, 0) is 47.5 Å². The van der Waals surface area contributed by atoms with E-state index in [2.05, 4.69) is 4.98 Å². The van der Waals surface area contributed by atoms with Crippen molar-refractivity contribution < 1.29 is 4.79 Å². The Labute approximate surface area is 122 Å². The fraction of sp³-hybridized carbons (Fsp3) is 0.0556. The maximum atomic E-state index is 11.7. The van der Waals surface area contributed by atoms with Crippen molar-refractivity contribution in [3.63, 3.8) is 0 Å². The third kappa shape index (κ3) is 2.39. The van der Waals surface area contributed by atoms with E-state index in [1.807, 2.05) is 48.5 Å². The molecule has 0 N–H and O–H groups in total. The summed E-state index contributed by atoms with van der Waals surface area (Å²) in [6.45, 7) is 1.56. The smallest absolute Gasteiger partial charge is 0.159 e. The van der Waals surface area contributed by atoms with Gasteiger partial charge in [-0.25, -0.2) is 4.98 Å². The van der Waals surface area contributed by atoms with Gasteiger partial charge in [0.2, 0.25) is 0 Å². The lowest BCUT2D eigenvalue weighted by atomic mass is 9.95. The highest BCUT2D eigenvalue weighted by atomic mass is 16.1. The molecule has 3 aromatic rings. The van der Waals surface area contributed by atoms with Crippen LogP contribution in [-0.4, -0.2) is 10.8 Å². The molecule has 21 heavy (non-hydrogen) atoms. The molecule has 0 fully saturated rings. The highest BCUT2D eigenvalue weighted by Crippen LogP contribution is 2.30. The number of nitriles is 1. The van der Waals surface area contributed by atoms with E-state index >= 15 is 0 Å². The highest BCUT2D eigenvalue weighted by molar-refractivity contribution is 6.04. The number of pyridine rings is 1. The summed E-state index contributed by atoms with van der Waals surface area (Å²) >= 11 is 0. The predicted octanol–water partition coefficient (Wildman–Crippen LogP) is 3.98. The van der Waals surface area contributed by atoms with Crippen LogP contribution in [0.15, 0.2) is 54.7 Å². The van der Waals surface area contributed by atoms with Crippen molar-refractivity contribution >= 4 is 16.6 Å². The summed E-state index contributed by atoms with van der Waals surface area (Å²) in [4.78, 5) is 15.8. The monoisotopic (exact) mass is 272 g/mol. The van der Waals surface area contributed by atoms with Crippen LogP contribution in [0, 0.1) is 11.3 Å². The Morgan fingerprint density at radius 2 is 1.95 bits per heavy atom. The summed E-state index contributed by atoms with van der Waals surface area (Å²) in [6, 6.07) is 17.3. The lowest BCUT2D eigenvalue weighted by Gasteiger charge is -2.09. The lowest BCUT2D eigenvalue weighted by Crippen LogP contribution is -1.94. The SMILES string of the molecule is CC(=O)c1cc(-c2ccc(C#N)nc2)c2ccccc2c1. The van der Waals surface area contributed by atoms with E-state index < -0.39 is 0 Å². The van der Waals surface area contributed by atoms with Gasteiger partial charge in [0.05, 0.1) is 0 Å². The Bertz CT molecular complexity index is 874. The molecule has 0 spiro atoms. The molecule has 0 amide bonds. The van der Waals surface area contributed by atoms with Crippen molar-refractivity contribution in [3.8, 4) is 17.2 Å². The molecule has 0 atom stereocenters. The molecule has 0 aliphatic rings. The van der Waals surface area contributed by atoms with Crippen LogP contribution >= 0.6 is 0 Å². The molecule has 100 valence electrons. The normalized spacial score (nSPS) is 10.3. The Hall–Kier alpha value is -2.99. The summed E-state index contributed by atoms with van der Waals surface area (Å²) < 4.78 is 0. The Kier molecular flexibility index (Phi) is 3.21. The molecule has 0 aliphatic heterocycles. The summed E-state index contributed by atoms with van der Waals surface area (Å²) in [5, 5.41) is 10.9. The van der Waals surface area contributed by atoms with Crippen LogP contribution in [0.1, 0.15) is 23.0 Å². The van der Waals surface area contributed by atoms with Gasteiger partial charge in [0.25, 0.3) is 0 Å². The van der Waals surface area contributed by atoms with Gasteiger partial charge in [-0.1, -0.05) is 24.3 Å². The molecule has 2 aromatic carbocycles. The molecular weight excluding hydrogens is 260 g/mol. The Morgan fingerprint density at radius 3 is 2.62 bits per heavy atom. The topological polar surface area (TPSA) is 53.8 Å². The summed E-state index contributed by atoms with van der Waals surface area (Å²) in [5.74, 6) is 0.0311. The molecule has 0 bridgehead atoms. The van der Waals surface area contributed by atoms with Crippen LogP contribution in [0.5, 0.6) is 0 Å². The van der Waals surface area contributed by atoms with Gasteiger partial charge in [-0.3, -0.25) is 4.79 Å². The summed E-state index contributed by atoms with van der Waals surface area (Å²) in [6.07, 6.45) is 1.67. The predicted molar refractivity (Wildman–Crippen MR) is 81.9 cm³/mol. The van der Waals surface area contributed by atoms with Gasteiger partial charge in [0.15, 0.2) is 5.78 Å². The van der Waals surface area contributed by atoms with Crippen LogP contribution in [-0.2, 0) is 0 Å². The van der Waals surface area contributed by atoms with Gasteiger partial charge < -0.3 is 0 Å². The minimum absolute atomic E-state index is 0.0311. The number of hydrogen-bond acceptors (Lipinski definition) is 3. The Morgan fingerprint density at radius 1 is 1.14 bits per heavy atom. The molecule has 0 aliphatic carbocycles. The van der Waals surface area contributed by atoms with Crippen LogP contribution in [0.25, 0.3) is 21.9 Å². The minimum atomic E-state index is 0.0311. The zero-order valence-corrected chi connectivity index (χ0v) is 11.5. The average molecular weight is 272 g/mol. The summed E-state index contributed by atoms with van der Waals surface area (Å²) in [5.41, 5.74) is 2.91. The first-order chi connectivity index (χ1) is 10.2. The third-order valence-electron chi connectivity index (χ3n) is 3.46. The van der Waals surface area contributed by atoms with Crippen LogP contribution < -0.4 is 0 Å². The van der Waals surface area contributed by atoms with Crippen molar-refractivity contribution in [1.29, 1.82) is 5.26 Å². The lowest BCUT2D eigenvalue weighted by molar-refractivity contribution is 0.101. The van der Waals surface area contributed by atoms with Crippen molar-refractivity contribution in [3.05, 3.63) is 66.0 Å². The molecule has 0 radical (unpaired) electrons. The number of ketones is 1. The number of benzene rings is 2. The van der Waals surface area contributed by atoms with Crippen molar-refractivity contribution in [2.45, 2.75) is 6.92 Å². The van der Waals surface area contributed by atoms with Crippen molar-refractivity contribution in [2.24, 2.45) is 0 Å². The maximum Gasteiger partial charge on any atom is 0.159 e. The van der Waals surface area contributed by atoms with Gasteiger partial charge in [-0.15, -0.1) is 0 Å². The quantitative estimate of drug-likeness (QED) is 0.663. The van der Waals surface area contributed by atoms with E-state index in [-0.39, 0.29) is 5.78 Å². The number of nitrogens with zero attached hydrogens (tertiary/aromatic N) is 2.